The minimum Gasteiger partial charge on any atom is -0.497 e. The summed E-state index contributed by atoms with van der Waals surface area (Å²) in [5, 5.41) is 15.7. The van der Waals surface area contributed by atoms with Crippen LogP contribution in [0.1, 0.15) is 28.2 Å². The van der Waals surface area contributed by atoms with Gasteiger partial charge in [0.1, 0.15) is 10.8 Å². The Bertz CT molecular complexity index is 1410. The average Bonchev–Trinajstić information content (AvgIpc) is 3.50. The van der Waals surface area contributed by atoms with Crippen LogP contribution in [0.25, 0.3) is 21.0 Å². The van der Waals surface area contributed by atoms with E-state index in [-0.39, 0.29) is 11.7 Å². The van der Waals surface area contributed by atoms with Crippen molar-refractivity contribution in [1.82, 2.24) is 9.97 Å². The SMILES string of the molecule is COc1ccc(-c2sc(-c3ccc4c(c3)N(C(=O)Nc3nc(C)cs3)CCC4)nc2C(=O)O)cc1. The summed E-state index contributed by atoms with van der Waals surface area (Å²) in [7, 11) is 1.58. The summed E-state index contributed by atoms with van der Waals surface area (Å²) in [6.07, 6.45) is 1.73. The van der Waals surface area contributed by atoms with E-state index in [9.17, 15) is 14.7 Å². The number of aromatic nitrogens is 2. The van der Waals surface area contributed by atoms with Gasteiger partial charge in [0.25, 0.3) is 0 Å². The zero-order chi connectivity index (χ0) is 24.5. The van der Waals surface area contributed by atoms with Crippen molar-refractivity contribution in [1.29, 1.82) is 0 Å². The molecule has 0 bridgehead atoms. The van der Waals surface area contributed by atoms with Crippen molar-refractivity contribution in [3.8, 4) is 26.8 Å². The highest BCUT2D eigenvalue weighted by atomic mass is 32.1. The highest BCUT2D eigenvalue weighted by Gasteiger charge is 2.25. The van der Waals surface area contributed by atoms with Crippen LogP contribution in [0.4, 0.5) is 15.6 Å². The molecule has 5 rings (SSSR count). The van der Waals surface area contributed by atoms with Gasteiger partial charge in [0.2, 0.25) is 0 Å². The molecule has 178 valence electrons. The molecule has 4 aromatic rings. The van der Waals surface area contributed by atoms with Crippen LogP contribution in [-0.2, 0) is 6.42 Å². The van der Waals surface area contributed by atoms with Gasteiger partial charge in [0.15, 0.2) is 10.8 Å². The first-order chi connectivity index (χ1) is 16.9. The molecule has 2 aromatic carbocycles. The van der Waals surface area contributed by atoms with Crippen LogP contribution in [0.5, 0.6) is 5.75 Å². The summed E-state index contributed by atoms with van der Waals surface area (Å²) in [6.45, 7) is 2.47. The fourth-order valence-corrected chi connectivity index (χ4v) is 5.75. The molecule has 35 heavy (non-hydrogen) atoms. The van der Waals surface area contributed by atoms with Crippen molar-refractivity contribution in [2.75, 3.05) is 23.9 Å². The molecule has 1 aliphatic heterocycles. The molecule has 0 aliphatic carbocycles. The number of carboxylic acid groups (broad SMARTS) is 1. The van der Waals surface area contributed by atoms with Gasteiger partial charge in [-0.25, -0.2) is 19.6 Å². The zero-order valence-corrected chi connectivity index (χ0v) is 20.7. The number of aromatic carboxylic acids is 1. The van der Waals surface area contributed by atoms with Gasteiger partial charge < -0.3 is 9.84 Å². The van der Waals surface area contributed by atoms with E-state index in [0.29, 0.717) is 27.3 Å². The predicted molar refractivity (Wildman–Crippen MR) is 138 cm³/mol. The second-order valence-electron chi connectivity index (χ2n) is 8.05. The molecule has 10 heteroatoms. The van der Waals surface area contributed by atoms with Gasteiger partial charge in [-0.2, -0.15) is 0 Å². The van der Waals surface area contributed by atoms with Gasteiger partial charge in [-0.1, -0.05) is 12.1 Å². The molecule has 2 N–H and O–H groups in total. The molecule has 0 unspecified atom stereocenters. The Balaban J connectivity index is 1.50. The third kappa shape index (κ3) is 4.62. The van der Waals surface area contributed by atoms with Gasteiger partial charge in [-0.15, -0.1) is 22.7 Å². The summed E-state index contributed by atoms with van der Waals surface area (Å²) >= 11 is 2.70. The van der Waals surface area contributed by atoms with Crippen molar-refractivity contribution in [3.63, 3.8) is 0 Å². The molecule has 0 atom stereocenters. The fourth-order valence-electron chi connectivity index (χ4n) is 4.02. The van der Waals surface area contributed by atoms with E-state index in [1.54, 1.807) is 24.1 Å². The van der Waals surface area contributed by atoms with Gasteiger partial charge in [-0.3, -0.25) is 10.2 Å². The number of carbonyl (C=O) groups is 2. The maximum Gasteiger partial charge on any atom is 0.356 e. The first kappa shape index (κ1) is 23.0. The van der Waals surface area contributed by atoms with Crippen molar-refractivity contribution >= 4 is 45.5 Å². The molecule has 3 heterocycles. The number of carboxylic acids is 1. The molecular formula is C25H22N4O4S2. The predicted octanol–water partition coefficient (Wildman–Crippen LogP) is 5.93. The van der Waals surface area contributed by atoms with E-state index in [0.717, 1.165) is 40.9 Å². The Morgan fingerprint density at radius 2 is 1.89 bits per heavy atom. The highest BCUT2D eigenvalue weighted by molar-refractivity contribution is 7.18. The van der Waals surface area contributed by atoms with E-state index in [4.69, 9.17) is 4.74 Å². The van der Waals surface area contributed by atoms with Crippen LogP contribution < -0.4 is 15.0 Å². The number of carbonyl (C=O) groups excluding carboxylic acids is 1. The second-order valence-corrected chi connectivity index (χ2v) is 9.91. The van der Waals surface area contributed by atoms with Crippen molar-refractivity contribution in [3.05, 3.63) is 64.8 Å². The number of nitrogens with zero attached hydrogens (tertiary/aromatic N) is 3. The Kier molecular flexibility index (Phi) is 6.23. The van der Waals surface area contributed by atoms with E-state index in [1.165, 1.54) is 22.7 Å². The van der Waals surface area contributed by atoms with Crippen LogP contribution in [0.3, 0.4) is 0 Å². The Hall–Kier alpha value is -3.76. The normalized spacial score (nSPS) is 12.8. The number of thiazole rings is 2. The smallest absolute Gasteiger partial charge is 0.356 e. The van der Waals surface area contributed by atoms with E-state index < -0.39 is 5.97 Å². The maximum atomic E-state index is 13.1. The number of benzene rings is 2. The molecule has 0 saturated heterocycles. The quantitative estimate of drug-likeness (QED) is 0.347. The topological polar surface area (TPSA) is 105 Å². The van der Waals surface area contributed by atoms with Gasteiger partial charge in [0, 0.05) is 23.2 Å². The molecule has 0 fully saturated rings. The minimum atomic E-state index is -1.09. The number of nitrogens with one attached hydrogen (secondary N) is 1. The lowest BCUT2D eigenvalue weighted by Crippen LogP contribution is -2.38. The molecule has 8 nitrogen and oxygen atoms in total. The summed E-state index contributed by atoms with van der Waals surface area (Å²) in [6, 6.07) is 12.8. The molecular weight excluding hydrogens is 484 g/mol. The lowest BCUT2D eigenvalue weighted by atomic mass is 10.00. The van der Waals surface area contributed by atoms with E-state index >= 15 is 0 Å². The number of aryl methyl sites for hydroxylation is 2. The van der Waals surface area contributed by atoms with Crippen molar-refractivity contribution in [2.24, 2.45) is 0 Å². The number of hydrogen-bond acceptors (Lipinski definition) is 7. The van der Waals surface area contributed by atoms with Crippen LogP contribution in [-0.4, -0.2) is 40.7 Å². The molecule has 0 spiro atoms. The molecule has 1 aliphatic rings. The van der Waals surface area contributed by atoms with Crippen LogP contribution in [0.2, 0.25) is 0 Å². The Morgan fingerprint density at radius 3 is 2.57 bits per heavy atom. The third-order valence-electron chi connectivity index (χ3n) is 5.71. The first-order valence-electron chi connectivity index (χ1n) is 11.0. The Morgan fingerprint density at radius 1 is 1.11 bits per heavy atom. The van der Waals surface area contributed by atoms with Gasteiger partial charge in [0.05, 0.1) is 17.7 Å². The number of ether oxygens (including phenoxy) is 1. The van der Waals surface area contributed by atoms with Gasteiger partial charge >= 0.3 is 12.0 Å². The van der Waals surface area contributed by atoms with Crippen LogP contribution in [0.15, 0.2) is 47.8 Å². The van der Waals surface area contributed by atoms with E-state index in [1.807, 2.05) is 42.6 Å². The second kappa shape index (κ2) is 9.47. The number of anilines is 2. The van der Waals surface area contributed by atoms with Crippen molar-refractivity contribution < 1.29 is 19.4 Å². The first-order valence-corrected chi connectivity index (χ1v) is 12.6. The molecule has 0 radical (unpaired) electrons. The standard InChI is InChI=1S/C25H22N4O4S2/c1-14-13-34-24(26-14)28-25(32)29-11-3-4-15-5-6-17(12-19(15)29)22-27-20(23(30)31)21(35-22)16-7-9-18(33-2)10-8-16/h5-10,12-13H,3-4,11H2,1-2H3,(H,30,31)(H,26,28,32). The number of methoxy groups -OCH3 is 1. The number of urea groups is 1. The molecule has 2 amide bonds. The zero-order valence-electron chi connectivity index (χ0n) is 19.1. The third-order valence-corrected chi connectivity index (χ3v) is 7.74. The van der Waals surface area contributed by atoms with Gasteiger partial charge in [-0.05, 0) is 61.2 Å². The maximum absolute atomic E-state index is 13.1. The lowest BCUT2D eigenvalue weighted by Gasteiger charge is -2.29. The number of fused-ring (bicyclic) bond motifs is 1. The Labute approximate surface area is 209 Å². The summed E-state index contributed by atoms with van der Waals surface area (Å²) in [5.41, 5.74) is 4.25. The number of rotatable bonds is 5. The van der Waals surface area contributed by atoms with Crippen LogP contribution >= 0.6 is 22.7 Å². The average molecular weight is 507 g/mol. The number of hydrogen-bond donors (Lipinski definition) is 2. The fraction of sp³-hybridized carbons (Fsp3) is 0.200. The summed E-state index contributed by atoms with van der Waals surface area (Å²) in [5.74, 6) is -0.396. The van der Waals surface area contributed by atoms with Crippen LogP contribution in [0, 0.1) is 6.92 Å². The largest absolute Gasteiger partial charge is 0.497 e. The highest BCUT2D eigenvalue weighted by Crippen LogP contribution is 2.39. The molecule has 2 aromatic heterocycles. The van der Waals surface area contributed by atoms with Crippen molar-refractivity contribution in [2.45, 2.75) is 19.8 Å². The summed E-state index contributed by atoms with van der Waals surface area (Å²) < 4.78 is 5.21. The summed E-state index contributed by atoms with van der Waals surface area (Å²) in [4.78, 5) is 36.1. The minimum absolute atomic E-state index is 0.00151. The number of amides is 2. The van der Waals surface area contributed by atoms with E-state index in [2.05, 4.69) is 15.3 Å². The lowest BCUT2D eigenvalue weighted by molar-refractivity contribution is 0.0692. The monoisotopic (exact) mass is 506 g/mol. The molecule has 0 saturated carbocycles.